The van der Waals surface area contributed by atoms with Crippen LogP contribution in [0.3, 0.4) is 0 Å². The Morgan fingerprint density at radius 1 is 1.05 bits per heavy atom. The maximum Gasteiger partial charge on any atom is 0.152 e. The van der Waals surface area contributed by atoms with E-state index < -0.39 is 9.84 Å². The van der Waals surface area contributed by atoms with Crippen LogP contribution >= 0.6 is 0 Å². The fourth-order valence-electron chi connectivity index (χ4n) is 2.64. The number of aryl methyl sites for hydroxylation is 2. The lowest BCUT2D eigenvalue weighted by molar-refractivity contribution is 0.556. The van der Waals surface area contributed by atoms with Crippen molar-refractivity contribution in [3.63, 3.8) is 0 Å². The summed E-state index contributed by atoms with van der Waals surface area (Å²) >= 11 is 0. The number of benzene rings is 1. The van der Waals surface area contributed by atoms with E-state index in [2.05, 4.69) is 44.3 Å². The lowest BCUT2D eigenvalue weighted by Gasteiger charge is -2.19. The van der Waals surface area contributed by atoms with Gasteiger partial charge in [-0.05, 0) is 32.4 Å². The first-order valence-corrected chi connectivity index (χ1v) is 9.72. The van der Waals surface area contributed by atoms with Crippen LogP contribution in [0.4, 0.5) is 0 Å². The zero-order valence-corrected chi connectivity index (χ0v) is 14.6. The second-order valence-electron chi connectivity index (χ2n) is 5.85. The van der Waals surface area contributed by atoms with Crippen molar-refractivity contribution in [3.05, 3.63) is 34.9 Å². The summed E-state index contributed by atoms with van der Waals surface area (Å²) in [6, 6.07) is 6.17. The molecule has 0 fully saturated rings. The van der Waals surface area contributed by atoms with Gasteiger partial charge in [-0.2, -0.15) is 0 Å². The van der Waals surface area contributed by atoms with Crippen LogP contribution in [0.15, 0.2) is 18.2 Å². The zero-order valence-electron chi connectivity index (χ0n) is 13.8. The Bertz CT molecular complexity index is 517. The van der Waals surface area contributed by atoms with Gasteiger partial charge in [-0.15, -0.1) is 0 Å². The van der Waals surface area contributed by atoms with Crippen molar-refractivity contribution in [1.29, 1.82) is 0 Å². The molecule has 0 aromatic heterocycles. The molecule has 1 aromatic carbocycles. The van der Waals surface area contributed by atoms with Crippen LogP contribution in [0.25, 0.3) is 0 Å². The molecule has 0 saturated carbocycles. The minimum absolute atomic E-state index is 0.111. The highest BCUT2D eigenvalue weighted by Gasteiger charge is 2.20. The minimum atomic E-state index is -3.01. The van der Waals surface area contributed by atoms with Crippen molar-refractivity contribution >= 4 is 9.84 Å². The summed E-state index contributed by atoms with van der Waals surface area (Å²) in [6.07, 6.45) is 2.79. The van der Waals surface area contributed by atoms with Gasteiger partial charge < -0.3 is 5.32 Å². The summed E-state index contributed by atoms with van der Waals surface area (Å²) in [6.45, 7) is 8.97. The molecule has 0 amide bonds. The van der Waals surface area contributed by atoms with Gasteiger partial charge in [0.25, 0.3) is 0 Å². The highest BCUT2D eigenvalue weighted by molar-refractivity contribution is 7.91. The third-order valence-corrected chi connectivity index (χ3v) is 5.33. The van der Waals surface area contributed by atoms with Crippen LogP contribution in [-0.2, 0) is 9.84 Å². The van der Waals surface area contributed by atoms with Crippen molar-refractivity contribution in [2.75, 3.05) is 18.1 Å². The van der Waals surface area contributed by atoms with E-state index in [0.29, 0.717) is 5.75 Å². The molecule has 1 atom stereocenters. The average Bonchev–Trinajstić information content (AvgIpc) is 2.37. The molecule has 0 saturated heterocycles. The van der Waals surface area contributed by atoms with Crippen molar-refractivity contribution in [2.45, 2.75) is 53.0 Å². The van der Waals surface area contributed by atoms with Crippen LogP contribution in [0.2, 0.25) is 0 Å². The maximum atomic E-state index is 12.3. The predicted octanol–water partition coefficient (Wildman–Crippen LogP) is 3.56. The number of hydrogen-bond donors (Lipinski definition) is 1. The van der Waals surface area contributed by atoms with E-state index in [9.17, 15) is 8.42 Å². The van der Waals surface area contributed by atoms with E-state index in [4.69, 9.17) is 0 Å². The molecule has 0 heterocycles. The van der Waals surface area contributed by atoms with E-state index in [1.165, 1.54) is 11.1 Å². The molecule has 120 valence electrons. The number of rotatable bonds is 9. The van der Waals surface area contributed by atoms with Gasteiger partial charge in [0, 0.05) is 6.04 Å². The third kappa shape index (κ3) is 6.62. The SMILES string of the molecule is CCCCCS(=O)(=O)CC(NCC)c1cc(C)cc(C)c1. The van der Waals surface area contributed by atoms with Gasteiger partial charge in [0.1, 0.15) is 0 Å². The van der Waals surface area contributed by atoms with E-state index in [1.807, 2.05) is 6.92 Å². The Morgan fingerprint density at radius 3 is 2.19 bits per heavy atom. The molecule has 3 nitrogen and oxygen atoms in total. The van der Waals surface area contributed by atoms with Gasteiger partial charge >= 0.3 is 0 Å². The van der Waals surface area contributed by atoms with Crippen molar-refractivity contribution < 1.29 is 8.42 Å². The Kier molecular flexibility index (Phi) is 7.40. The van der Waals surface area contributed by atoms with Gasteiger partial charge in [0.05, 0.1) is 11.5 Å². The Morgan fingerprint density at radius 2 is 1.67 bits per heavy atom. The molecular formula is C17H29NO2S. The summed E-state index contributed by atoms with van der Waals surface area (Å²) in [5.41, 5.74) is 3.43. The molecule has 1 rings (SSSR count). The van der Waals surface area contributed by atoms with Crippen molar-refractivity contribution in [3.8, 4) is 0 Å². The first-order valence-electron chi connectivity index (χ1n) is 7.90. The monoisotopic (exact) mass is 311 g/mol. The van der Waals surface area contributed by atoms with E-state index >= 15 is 0 Å². The molecule has 21 heavy (non-hydrogen) atoms. The molecule has 0 radical (unpaired) electrons. The van der Waals surface area contributed by atoms with Gasteiger partial charge in [-0.25, -0.2) is 8.42 Å². The fourth-order valence-corrected chi connectivity index (χ4v) is 4.27. The molecule has 1 unspecified atom stereocenters. The van der Waals surface area contributed by atoms with Crippen molar-refractivity contribution in [1.82, 2.24) is 5.32 Å². The highest BCUT2D eigenvalue weighted by atomic mass is 32.2. The fraction of sp³-hybridized carbons (Fsp3) is 0.647. The molecule has 0 aliphatic heterocycles. The van der Waals surface area contributed by atoms with Gasteiger partial charge in [0.15, 0.2) is 9.84 Å². The molecule has 0 aliphatic carbocycles. The first-order chi connectivity index (χ1) is 9.88. The number of sulfone groups is 1. The Hall–Kier alpha value is -0.870. The largest absolute Gasteiger partial charge is 0.309 e. The standard InChI is InChI=1S/C17H29NO2S/c1-5-7-8-9-21(19,20)13-17(18-6-2)16-11-14(3)10-15(4)12-16/h10-12,17-18H,5-9,13H2,1-4H3. The first kappa shape index (κ1) is 18.2. The van der Waals surface area contributed by atoms with E-state index in [0.717, 1.165) is 31.4 Å². The second-order valence-corrected chi connectivity index (χ2v) is 8.08. The number of unbranched alkanes of at least 4 members (excludes halogenated alkanes) is 2. The van der Waals surface area contributed by atoms with Gasteiger partial charge in [-0.3, -0.25) is 0 Å². The van der Waals surface area contributed by atoms with Crippen LogP contribution in [0.5, 0.6) is 0 Å². The van der Waals surface area contributed by atoms with E-state index in [-0.39, 0.29) is 11.8 Å². The molecule has 1 N–H and O–H groups in total. The lowest BCUT2D eigenvalue weighted by atomic mass is 10.0. The van der Waals surface area contributed by atoms with Crippen LogP contribution in [0.1, 0.15) is 55.8 Å². The summed E-state index contributed by atoms with van der Waals surface area (Å²) in [4.78, 5) is 0. The van der Waals surface area contributed by atoms with E-state index in [1.54, 1.807) is 0 Å². The predicted molar refractivity (Wildman–Crippen MR) is 90.5 cm³/mol. The smallest absolute Gasteiger partial charge is 0.152 e. The minimum Gasteiger partial charge on any atom is -0.309 e. The molecular weight excluding hydrogens is 282 g/mol. The van der Waals surface area contributed by atoms with Crippen LogP contribution in [0, 0.1) is 13.8 Å². The summed E-state index contributed by atoms with van der Waals surface area (Å²) in [5, 5.41) is 3.32. The maximum absolute atomic E-state index is 12.3. The Balaban J connectivity index is 2.86. The molecule has 0 aliphatic rings. The number of nitrogens with one attached hydrogen (secondary N) is 1. The summed E-state index contributed by atoms with van der Waals surface area (Å²) in [5.74, 6) is 0.487. The molecule has 4 heteroatoms. The summed E-state index contributed by atoms with van der Waals surface area (Å²) < 4.78 is 24.6. The third-order valence-electron chi connectivity index (χ3n) is 3.58. The quantitative estimate of drug-likeness (QED) is 0.709. The summed E-state index contributed by atoms with van der Waals surface area (Å²) in [7, 11) is -3.01. The highest BCUT2D eigenvalue weighted by Crippen LogP contribution is 2.19. The number of hydrogen-bond acceptors (Lipinski definition) is 3. The molecule has 0 spiro atoms. The Labute approximate surface area is 130 Å². The lowest BCUT2D eigenvalue weighted by Crippen LogP contribution is -2.29. The van der Waals surface area contributed by atoms with Gasteiger partial charge in [0.2, 0.25) is 0 Å². The normalized spacial score (nSPS) is 13.3. The van der Waals surface area contributed by atoms with Gasteiger partial charge in [-0.1, -0.05) is 56.0 Å². The van der Waals surface area contributed by atoms with Crippen LogP contribution in [-0.4, -0.2) is 26.5 Å². The molecule has 0 bridgehead atoms. The second kappa shape index (κ2) is 8.54. The topological polar surface area (TPSA) is 46.2 Å². The van der Waals surface area contributed by atoms with Crippen LogP contribution < -0.4 is 5.32 Å². The zero-order chi connectivity index (χ0) is 15.9. The van der Waals surface area contributed by atoms with Crippen molar-refractivity contribution in [2.24, 2.45) is 0 Å². The molecule has 1 aromatic rings. The average molecular weight is 311 g/mol.